The van der Waals surface area contributed by atoms with Gasteiger partial charge in [-0.15, -0.1) is 5.10 Å². The van der Waals surface area contributed by atoms with Gasteiger partial charge in [-0.25, -0.2) is 0 Å². The molecule has 0 amide bonds. The van der Waals surface area contributed by atoms with E-state index in [1.54, 1.807) is 30.3 Å². The van der Waals surface area contributed by atoms with E-state index in [-0.39, 0.29) is 17.1 Å². The lowest BCUT2D eigenvalue weighted by Crippen LogP contribution is -2.01. The SMILES string of the molecule is COc1ccc(C(=O)c2ccccc2)c(O)c1O.c1ccc2[nH]nnc2c1. The van der Waals surface area contributed by atoms with E-state index in [9.17, 15) is 15.0 Å². The van der Waals surface area contributed by atoms with Crippen LogP contribution in [0.25, 0.3) is 11.0 Å². The number of aromatic hydroxyl groups is 2. The number of para-hydroxylation sites is 1. The molecule has 0 atom stereocenters. The number of carbonyl (C=O) groups is 1. The number of hydrogen-bond acceptors (Lipinski definition) is 6. The quantitative estimate of drug-likeness (QED) is 0.381. The highest BCUT2D eigenvalue weighted by Gasteiger charge is 2.18. The molecule has 0 saturated heterocycles. The number of ether oxygens (including phenoxy) is 1. The topological polar surface area (TPSA) is 108 Å². The Hall–Kier alpha value is -3.87. The number of fused-ring (bicyclic) bond motifs is 1. The summed E-state index contributed by atoms with van der Waals surface area (Å²) in [6, 6.07) is 19.1. The van der Waals surface area contributed by atoms with Gasteiger partial charge in [0.15, 0.2) is 17.3 Å². The highest BCUT2D eigenvalue weighted by atomic mass is 16.5. The van der Waals surface area contributed by atoms with Crippen molar-refractivity contribution < 1.29 is 19.7 Å². The summed E-state index contributed by atoms with van der Waals surface area (Å²) < 4.78 is 4.84. The molecule has 0 bridgehead atoms. The summed E-state index contributed by atoms with van der Waals surface area (Å²) in [5.41, 5.74) is 2.38. The number of phenols is 2. The fraction of sp³-hybridized carbons (Fsp3) is 0.0500. The van der Waals surface area contributed by atoms with E-state index in [0.717, 1.165) is 11.0 Å². The van der Waals surface area contributed by atoms with Gasteiger partial charge in [-0.2, -0.15) is 0 Å². The molecule has 0 aliphatic carbocycles. The molecule has 0 aliphatic heterocycles. The lowest BCUT2D eigenvalue weighted by Gasteiger charge is -2.09. The van der Waals surface area contributed by atoms with Gasteiger partial charge in [-0.3, -0.25) is 9.89 Å². The van der Waals surface area contributed by atoms with E-state index in [0.29, 0.717) is 5.56 Å². The number of hydrogen-bond donors (Lipinski definition) is 3. The van der Waals surface area contributed by atoms with Crippen molar-refractivity contribution in [1.29, 1.82) is 0 Å². The third-order valence-corrected chi connectivity index (χ3v) is 3.85. The zero-order chi connectivity index (χ0) is 19.2. The Morgan fingerprint density at radius 3 is 2.33 bits per heavy atom. The van der Waals surface area contributed by atoms with E-state index in [1.165, 1.54) is 19.2 Å². The first-order valence-corrected chi connectivity index (χ1v) is 8.06. The maximum Gasteiger partial charge on any atom is 0.201 e. The fourth-order valence-corrected chi connectivity index (χ4v) is 2.44. The van der Waals surface area contributed by atoms with Crippen molar-refractivity contribution in [3.05, 3.63) is 77.9 Å². The highest BCUT2D eigenvalue weighted by Crippen LogP contribution is 2.38. The van der Waals surface area contributed by atoms with Crippen molar-refractivity contribution in [3.63, 3.8) is 0 Å². The number of nitrogens with one attached hydrogen (secondary N) is 1. The van der Waals surface area contributed by atoms with E-state index in [4.69, 9.17) is 4.74 Å². The number of phenolic OH excluding ortho intramolecular Hbond substituents is 2. The van der Waals surface area contributed by atoms with Crippen LogP contribution in [-0.2, 0) is 0 Å². The molecule has 1 heterocycles. The Bertz CT molecular complexity index is 1030. The number of aromatic amines is 1. The Labute approximate surface area is 154 Å². The van der Waals surface area contributed by atoms with Crippen LogP contribution in [0.15, 0.2) is 66.7 Å². The third kappa shape index (κ3) is 3.87. The molecule has 4 rings (SSSR count). The average Bonchev–Trinajstić information content (AvgIpc) is 3.19. The maximum atomic E-state index is 12.1. The summed E-state index contributed by atoms with van der Waals surface area (Å²) in [4.78, 5) is 12.1. The monoisotopic (exact) mass is 363 g/mol. The normalized spacial score (nSPS) is 10.1. The second-order valence-corrected chi connectivity index (χ2v) is 5.54. The summed E-state index contributed by atoms with van der Waals surface area (Å²) in [7, 11) is 1.37. The highest BCUT2D eigenvalue weighted by molar-refractivity contribution is 6.11. The fourth-order valence-electron chi connectivity index (χ4n) is 2.44. The second-order valence-electron chi connectivity index (χ2n) is 5.54. The van der Waals surface area contributed by atoms with Crippen LogP contribution in [0.5, 0.6) is 17.2 Å². The van der Waals surface area contributed by atoms with Gasteiger partial charge in [-0.1, -0.05) is 47.7 Å². The van der Waals surface area contributed by atoms with Crippen LogP contribution in [0, 0.1) is 0 Å². The number of nitrogens with zero attached hydrogens (tertiary/aromatic N) is 2. The van der Waals surface area contributed by atoms with Crippen molar-refractivity contribution in [3.8, 4) is 17.2 Å². The minimum absolute atomic E-state index is 0.0412. The summed E-state index contributed by atoms with van der Waals surface area (Å²) in [6.07, 6.45) is 0. The summed E-state index contributed by atoms with van der Waals surface area (Å²) in [5, 5.41) is 29.6. The van der Waals surface area contributed by atoms with Gasteiger partial charge in [0.2, 0.25) is 5.75 Å². The predicted octanol–water partition coefficient (Wildman–Crippen LogP) is 3.30. The molecule has 0 aliphatic rings. The van der Waals surface area contributed by atoms with Crippen LogP contribution in [0.3, 0.4) is 0 Å². The van der Waals surface area contributed by atoms with Crippen LogP contribution in [0.4, 0.5) is 0 Å². The molecule has 0 saturated carbocycles. The molecule has 0 unspecified atom stereocenters. The molecule has 3 N–H and O–H groups in total. The lowest BCUT2D eigenvalue weighted by molar-refractivity contribution is 0.103. The van der Waals surface area contributed by atoms with Crippen LogP contribution < -0.4 is 4.74 Å². The van der Waals surface area contributed by atoms with Gasteiger partial charge >= 0.3 is 0 Å². The number of benzene rings is 3. The first kappa shape index (κ1) is 17.9. The van der Waals surface area contributed by atoms with E-state index in [2.05, 4.69) is 15.4 Å². The van der Waals surface area contributed by atoms with E-state index < -0.39 is 11.5 Å². The molecule has 0 spiro atoms. The largest absolute Gasteiger partial charge is 0.504 e. The number of rotatable bonds is 3. The molecular formula is C20H17N3O4. The molecule has 7 nitrogen and oxygen atoms in total. The maximum absolute atomic E-state index is 12.1. The van der Waals surface area contributed by atoms with Crippen molar-refractivity contribution in [2.24, 2.45) is 0 Å². The molecule has 4 aromatic rings. The van der Waals surface area contributed by atoms with Crippen molar-refractivity contribution in [1.82, 2.24) is 15.4 Å². The van der Waals surface area contributed by atoms with Gasteiger partial charge in [0, 0.05) is 5.56 Å². The summed E-state index contributed by atoms with van der Waals surface area (Å²) in [6.45, 7) is 0. The Morgan fingerprint density at radius 2 is 1.63 bits per heavy atom. The van der Waals surface area contributed by atoms with Crippen LogP contribution in [0.1, 0.15) is 15.9 Å². The third-order valence-electron chi connectivity index (χ3n) is 3.85. The molecule has 0 radical (unpaired) electrons. The number of carbonyl (C=O) groups excluding carboxylic acids is 1. The Morgan fingerprint density at radius 1 is 0.926 bits per heavy atom. The number of ketones is 1. The van der Waals surface area contributed by atoms with Gasteiger partial charge in [0.1, 0.15) is 5.52 Å². The Balaban J connectivity index is 0.000000193. The molecule has 3 aromatic carbocycles. The van der Waals surface area contributed by atoms with Gasteiger partial charge in [-0.05, 0) is 24.3 Å². The second kappa shape index (κ2) is 8.01. The standard InChI is InChI=1S/C14H12O4.C6H5N3/c1-18-11-8-7-10(13(16)14(11)17)12(15)9-5-3-2-4-6-9;1-2-4-6-5(3-1)7-9-8-6/h2-8,16-17H,1H3;1-4H,(H,7,8,9). The minimum atomic E-state index is -0.469. The molecule has 7 heteroatoms. The van der Waals surface area contributed by atoms with Crippen molar-refractivity contribution >= 4 is 16.8 Å². The van der Waals surface area contributed by atoms with Gasteiger partial charge < -0.3 is 14.9 Å². The minimum Gasteiger partial charge on any atom is -0.504 e. The smallest absolute Gasteiger partial charge is 0.201 e. The van der Waals surface area contributed by atoms with Crippen LogP contribution in [-0.4, -0.2) is 38.5 Å². The van der Waals surface area contributed by atoms with Gasteiger partial charge in [0.25, 0.3) is 0 Å². The molecular weight excluding hydrogens is 346 g/mol. The zero-order valence-corrected chi connectivity index (χ0v) is 14.5. The Kier molecular flexibility index (Phi) is 5.32. The predicted molar refractivity (Wildman–Crippen MR) is 100 cm³/mol. The van der Waals surface area contributed by atoms with Crippen molar-refractivity contribution in [2.75, 3.05) is 7.11 Å². The molecule has 27 heavy (non-hydrogen) atoms. The first-order valence-electron chi connectivity index (χ1n) is 8.06. The molecule has 136 valence electrons. The number of H-pyrrole nitrogens is 1. The van der Waals surface area contributed by atoms with E-state index in [1.807, 2.05) is 24.3 Å². The van der Waals surface area contributed by atoms with E-state index >= 15 is 0 Å². The lowest BCUT2D eigenvalue weighted by atomic mass is 10.0. The number of methoxy groups -OCH3 is 1. The molecule has 0 fully saturated rings. The van der Waals surface area contributed by atoms with Crippen molar-refractivity contribution in [2.45, 2.75) is 0 Å². The number of aromatic nitrogens is 3. The molecule has 1 aromatic heterocycles. The summed E-state index contributed by atoms with van der Waals surface area (Å²) in [5.74, 6) is -1.13. The average molecular weight is 363 g/mol. The van der Waals surface area contributed by atoms with Crippen LogP contribution >= 0.6 is 0 Å². The van der Waals surface area contributed by atoms with Gasteiger partial charge in [0.05, 0.1) is 18.2 Å². The summed E-state index contributed by atoms with van der Waals surface area (Å²) >= 11 is 0. The first-order chi connectivity index (χ1) is 13.1. The zero-order valence-electron chi connectivity index (χ0n) is 14.5. The van der Waals surface area contributed by atoms with Crippen LogP contribution in [0.2, 0.25) is 0 Å².